The van der Waals surface area contributed by atoms with Gasteiger partial charge in [-0.15, -0.1) is 0 Å². The normalized spacial score (nSPS) is 22.0. The van der Waals surface area contributed by atoms with Crippen LogP contribution in [-0.4, -0.2) is 31.9 Å². The Morgan fingerprint density at radius 1 is 1.19 bits per heavy atom. The molecule has 1 heterocycles. The largest absolute Gasteiger partial charge is 0.385 e. The van der Waals surface area contributed by atoms with Crippen LogP contribution in [0.15, 0.2) is 23.1 Å². The van der Waals surface area contributed by atoms with Crippen LogP contribution in [0, 0.1) is 5.92 Å². The van der Waals surface area contributed by atoms with Crippen molar-refractivity contribution in [3.8, 4) is 0 Å². The molecule has 2 saturated carbocycles. The smallest absolute Gasteiger partial charge is 0.243 e. The second-order valence-corrected chi connectivity index (χ2v) is 8.49. The zero-order valence-corrected chi connectivity index (χ0v) is 13.0. The van der Waals surface area contributed by atoms with E-state index in [1.807, 2.05) is 12.1 Å². The highest BCUT2D eigenvalue weighted by Gasteiger charge is 2.41. The first-order valence-corrected chi connectivity index (χ1v) is 9.47. The van der Waals surface area contributed by atoms with Gasteiger partial charge in [-0.1, -0.05) is 6.07 Å². The summed E-state index contributed by atoms with van der Waals surface area (Å²) < 4.78 is 27.7. The Balaban J connectivity index is 1.65. The first-order valence-electron chi connectivity index (χ1n) is 8.03. The van der Waals surface area contributed by atoms with Gasteiger partial charge < -0.3 is 5.32 Å². The van der Waals surface area contributed by atoms with Gasteiger partial charge in [0.15, 0.2) is 0 Å². The van der Waals surface area contributed by atoms with Crippen LogP contribution in [0.2, 0.25) is 0 Å². The Bertz CT molecular complexity index is 648. The molecule has 0 bridgehead atoms. The summed E-state index contributed by atoms with van der Waals surface area (Å²) in [6.45, 7) is 1.66. The van der Waals surface area contributed by atoms with Crippen LogP contribution in [0.3, 0.4) is 0 Å². The van der Waals surface area contributed by atoms with Crippen molar-refractivity contribution in [2.45, 2.75) is 49.5 Å². The number of rotatable bonds is 5. The Morgan fingerprint density at radius 3 is 2.71 bits per heavy atom. The van der Waals surface area contributed by atoms with Crippen molar-refractivity contribution < 1.29 is 8.42 Å². The lowest BCUT2D eigenvalue weighted by Gasteiger charge is -2.24. The molecule has 0 saturated heterocycles. The van der Waals surface area contributed by atoms with Crippen LogP contribution in [0.1, 0.15) is 37.7 Å². The van der Waals surface area contributed by atoms with Crippen LogP contribution in [0.4, 0.5) is 5.69 Å². The minimum atomic E-state index is -3.33. The van der Waals surface area contributed by atoms with Crippen molar-refractivity contribution in [2.24, 2.45) is 5.92 Å². The minimum Gasteiger partial charge on any atom is -0.385 e. The van der Waals surface area contributed by atoms with Crippen molar-refractivity contribution in [3.05, 3.63) is 23.8 Å². The molecule has 114 valence electrons. The zero-order chi connectivity index (χ0) is 14.4. The molecule has 21 heavy (non-hydrogen) atoms. The topological polar surface area (TPSA) is 49.4 Å². The molecule has 1 N–H and O–H groups in total. The van der Waals surface area contributed by atoms with E-state index >= 15 is 0 Å². The molecule has 0 aromatic heterocycles. The van der Waals surface area contributed by atoms with E-state index in [0.717, 1.165) is 44.5 Å². The van der Waals surface area contributed by atoms with Gasteiger partial charge in [0.25, 0.3) is 0 Å². The monoisotopic (exact) mass is 306 g/mol. The lowest BCUT2D eigenvalue weighted by atomic mass is 10.0. The summed E-state index contributed by atoms with van der Waals surface area (Å²) in [6.07, 6.45) is 6.57. The number of anilines is 1. The highest BCUT2D eigenvalue weighted by Crippen LogP contribution is 2.38. The van der Waals surface area contributed by atoms with Crippen molar-refractivity contribution in [1.82, 2.24) is 4.31 Å². The maximum atomic E-state index is 13.0. The summed E-state index contributed by atoms with van der Waals surface area (Å²) in [5, 5.41) is 3.33. The van der Waals surface area contributed by atoms with E-state index in [9.17, 15) is 8.42 Å². The number of hydrogen-bond donors (Lipinski definition) is 1. The third-order valence-corrected chi connectivity index (χ3v) is 6.63. The number of nitrogens with zero attached hydrogens (tertiary/aromatic N) is 1. The van der Waals surface area contributed by atoms with E-state index in [2.05, 4.69) is 5.32 Å². The molecule has 4 rings (SSSR count). The van der Waals surface area contributed by atoms with Gasteiger partial charge in [-0.3, -0.25) is 0 Å². The zero-order valence-electron chi connectivity index (χ0n) is 12.2. The van der Waals surface area contributed by atoms with Crippen molar-refractivity contribution in [1.29, 1.82) is 0 Å². The molecular weight excluding hydrogens is 284 g/mol. The van der Waals surface area contributed by atoms with Gasteiger partial charge in [0.1, 0.15) is 0 Å². The molecular formula is C16H22N2O2S. The SMILES string of the molecule is O=S(=O)(c1ccc2c(c1)NCCC2)N(CC1CC1)C1CC1. The van der Waals surface area contributed by atoms with Gasteiger partial charge in [0.2, 0.25) is 10.0 Å². The Hall–Kier alpha value is -1.07. The third-order valence-electron chi connectivity index (χ3n) is 4.72. The lowest BCUT2D eigenvalue weighted by molar-refractivity contribution is 0.389. The highest BCUT2D eigenvalue weighted by molar-refractivity contribution is 7.89. The molecule has 0 amide bonds. The van der Waals surface area contributed by atoms with Gasteiger partial charge in [0.05, 0.1) is 4.90 Å². The van der Waals surface area contributed by atoms with Crippen LogP contribution in [-0.2, 0) is 16.4 Å². The van der Waals surface area contributed by atoms with Crippen molar-refractivity contribution in [3.63, 3.8) is 0 Å². The quantitative estimate of drug-likeness (QED) is 0.909. The van der Waals surface area contributed by atoms with E-state index < -0.39 is 10.0 Å². The highest BCUT2D eigenvalue weighted by atomic mass is 32.2. The van der Waals surface area contributed by atoms with E-state index in [4.69, 9.17) is 0 Å². The van der Waals surface area contributed by atoms with Gasteiger partial charge in [-0.25, -0.2) is 8.42 Å². The molecule has 0 atom stereocenters. The fraction of sp³-hybridized carbons (Fsp3) is 0.625. The summed E-state index contributed by atoms with van der Waals surface area (Å²) in [7, 11) is -3.33. The van der Waals surface area contributed by atoms with Crippen LogP contribution < -0.4 is 5.32 Å². The predicted molar refractivity (Wildman–Crippen MR) is 82.9 cm³/mol. The number of hydrogen-bond acceptors (Lipinski definition) is 3. The Labute approximate surface area is 126 Å². The standard InChI is InChI=1S/C16H22N2O2S/c19-21(20,18(14-6-7-14)11-12-3-4-12)15-8-5-13-2-1-9-17-16(13)10-15/h5,8,10,12,14,17H,1-4,6-7,9,11H2. The summed E-state index contributed by atoms with van der Waals surface area (Å²) >= 11 is 0. The molecule has 3 aliphatic rings. The summed E-state index contributed by atoms with van der Waals surface area (Å²) in [4.78, 5) is 0.461. The minimum absolute atomic E-state index is 0.250. The fourth-order valence-corrected chi connectivity index (χ4v) is 4.88. The molecule has 0 unspecified atom stereocenters. The molecule has 1 aliphatic heterocycles. The predicted octanol–water partition coefficient (Wildman–Crippen LogP) is 2.61. The van der Waals surface area contributed by atoms with Gasteiger partial charge in [0, 0.05) is 24.8 Å². The maximum absolute atomic E-state index is 13.0. The fourth-order valence-electron chi connectivity index (χ4n) is 3.10. The average Bonchev–Trinajstić information content (AvgIpc) is 3.37. The Kier molecular flexibility index (Phi) is 3.23. The molecule has 0 spiro atoms. The lowest BCUT2D eigenvalue weighted by Crippen LogP contribution is -2.35. The van der Waals surface area contributed by atoms with Gasteiger partial charge >= 0.3 is 0 Å². The number of fused-ring (bicyclic) bond motifs is 1. The molecule has 4 nitrogen and oxygen atoms in total. The number of sulfonamides is 1. The first-order chi connectivity index (χ1) is 10.1. The van der Waals surface area contributed by atoms with E-state index in [-0.39, 0.29) is 6.04 Å². The van der Waals surface area contributed by atoms with E-state index in [1.54, 1.807) is 10.4 Å². The first kappa shape index (κ1) is 13.6. The van der Waals surface area contributed by atoms with Crippen LogP contribution in [0.5, 0.6) is 0 Å². The van der Waals surface area contributed by atoms with E-state index in [1.165, 1.54) is 18.4 Å². The van der Waals surface area contributed by atoms with Crippen LogP contribution >= 0.6 is 0 Å². The average molecular weight is 306 g/mol. The van der Waals surface area contributed by atoms with Gasteiger partial charge in [-0.05, 0) is 62.1 Å². The maximum Gasteiger partial charge on any atom is 0.243 e. The molecule has 2 fully saturated rings. The molecule has 5 heteroatoms. The third kappa shape index (κ3) is 2.69. The molecule has 0 radical (unpaired) electrons. The summed E-state index contributed by atoms with van der Waals surface area (Å²) in [6, 6.07) is 5.87. The van der Waals surface area contributed by atoms with E-state index in [0.29, 0.717) is 10.8 Å². The van der Waals surface area contributed by atoms with Crippen LogP contribution in [0.25, 0.3) is 0 Å². The van der Waals surface area contributed by atoms with Crippen molar-refractivity contribution in [2.75, 3.05) is 18.4 Å². The van der Waals surface area contributed by atoms with Gasteiger partial charge in [-0.2, -0.15) is 4.31 Å². The molecule has 1 aromatic carbocycles. The summed E-state index contributed by atoms with van der Waals surface area (Å²) in [5.74, 6) is 0.594. The molecule has 2 aliphatic carbocycles. The molecule has 1 aromatic rings. The second kappa shape index (κ2) is 4.99. The second-order valence-electron chi connectivity index (χ2n) is 6.60. The summed E-state index contributed by atoms with van der Waals surface area (Å²) in [5.41, 5.74) is 2.24. The number of nitrogens with one attached hydrogen (secondary N) is 1. The van der Waals surface area contributed by atoms with Crippen molar-refractivity contribution >= 4 is 15.7 Å². The number of aryl methyl sites for hydroxylation is 1. The Morgan fingerprint density at radius 2 is 2.00 bits per heavy atom. The number of benzene rings is 1.